The Morgan fingerprint density at radius 1 is 1.17 bits per heavy atom. The van der Waals surface area contributed by atoms with Crippen molar-refractivity contribution < 1.29 is 14.3 Å². The summed E-state index contributed by atoms with van der Waals surface area (Å²) >= 11 is 1.49. The molecule has 0 aliphatic heterocycles. The molecule has 7 heteroatoms. The van der Waals surface area contributed by atoms with Gasteiger partial charge < -0.3 is 10.1 Å². The Morgan fingerprint density at radius 2 is 1.97 bits per heavy atom. The quantitative estimate of drug-likeness (QED) is 0.468. The molecule has 152 valence electrons. The van der Waals surface area contributed by atoms with E-state index in [2.05, 4.69) is 10.3 Å². The molecule has 0 saturated carbocycles. The Kier molecular flexibility index (Phi) is 5.63. The number of carbonyl (C=O) groups excluding carboxylic acids is 2. The summed E-state index contributed by atoms with van der Waals surface area (Å²) in [5, 5.41) is 4.83. The lowest BCUT2D eigenvalue weighted by Gasteiger charge is -2.19. The van der Waals surface area contributed by atoms with Crippen LogP contribution in [0.5, 0.6) is 0 Å². The minimum atomic E-state index is -1.05. The highest BCUT2D eigenvalue weighted by molar-refractivity contribution is 7.15. The molecule has 0 bridgehead atoms. The van der Waals surface area contributed by atoms with Gasteiger partial charge in [0, 0.05) is 29.0 Å². The highest BCUT2D eigenvalue weighted by atomic mass is 32.1. The fourth-order valence-corrected chi connectivity index (χ4v) is 3.87. The number of hydrogen-bond donors (Lipinski definition) is 1. The summed E-state index contributed by atoms with van der Waals surface area (Å²) in [4.78, 5) is 30.9. The van der Waals surface area contributed by atoms with E-state index in [1.807, 2.05) is 66.2 Å². The van der Waals surface area contributed by atoms with Crippen molar-refractivity contribution >= 4 is 33.9 Å². The number of rotatable bonds is 6. The van der Waals surface area contributed by atoms with Gasteiger partial charge >= 0.3 is 5.97 Å². The Balaban J connectivity index is 1.53. The first-order chi connectivity index (χ1) is 14.5. The van der Waals surface area contributed by atoms with Gasteiger partial charge in [0.25, 0.3) is 5.91 Å². The molecule has 0 fully saturated rings. The molecule has 4 rings (SSSR count). The van der Waals surface area contributed by atoms with Gasteiger partial charge in [-0.2, -0.15) is 0 Å². The summed E-state index contributed by atoms with van der Waals surface area (Å²) in [7, 11) is 0. The molecule has 2 aromatic heterocycles. The zero-order chi connectivity index (χ0) is 21.1. The average Bonchev–Trinajstić information content (AvgIpc) is 3.31. The number of aryl methyl sites for hydroxylation is 2. The predicted octanol–water partition coefficient (Wildman–Crippen LogP) is 4.48. The van der Waals surface area contributed by atoms with Crippen molar-refractivity contribution in [1.29, 1.82) is 0 Å². The fraction of sp³-hybridized carbons (Fsp3) is 0.174. The van der Waals surface area contributed by atoms with Gasteiger partial charge in [-0.15, -0.1) is 11.3 Å². The molecule has 2 heterocycles. The summed E-state index contributed by atoms with van der Waals surface area (Å²) in [5.74, 6) is -0.903. The molecule has 1 unspecified atom stereocenters. The zero-order valence-electron chi connectivity index (χ0n) is 16.7. The van der Waals surface area contributed by atoms with E-state index < -0.39 is 18.0 Å². The van der Waals surface area contributed by atoms with Crippen molar-refractivity contribution in [2.75, 3.05) is 5.32 Å². The summed E-state index contributed by atoms with van der Waals surface area (Å²) in [5.41, 5.74) is 3.88. The monoisotopic (exact) mass is 419 g/mol. The molecule has 1 atom stereocenters. The molecule has 30 heavy (non-hydrogen) atoms. The van der Waals surface area contributed by atoms with Crippen LogP contribution < -0.4 is 5.32 Å². The van der Waals surface area contributed by atoms with Crippen LogP contribution in [0.25, 0.3) is 4.96 Å². The molecular weight excluding hydrogens is 398 g/mol. The number of imidazole rings is 1. The third kappa shape index (κ3) is 4.41. The Labute approximate surface area is 178 Å². The minimum absolute atomic E-state index is 0.00547. The predicted molar refractivity (Wildman–Crippen MR) is 117 cm³/mol. The standard InChI is InChI=1S/C23H21N3O3S/c1-15-8-9-16(2)19(12-15)25-22(28)21(17-6-4-3-5-7-17)29-20(27)13-18-14-26-10-11-30-23(26)24-18/h3-12,14,21H,13H2,1-2H3,(H,25,28). The minimum Gasteiger partial charge on any atom is -0.447 e. The topological polar surface area (TPSA) is 72.7 Å². The zero-order valence-corrected chi connectivity index (χ0v) is 17.5. The van der Waals surface area contributed by atoms with Crippen molar-refractivity contribution in [1.82, 2.24) is 9.38 Å². The number of nitrogens with one attached hydrogen (secondary N) is 1. The van der Waals surface area contributed by atoms with E-state index in [0.29, 0.717) is 16.9 Å². The van der Waals surface area contributed by atoms with Gasteiger partial charge in [-0.1, -0.05) is 42.5 Å². The van der Waals surface area contributed by atoms with E-state index in [-0.39, 0.29) is 6.42 Å². The second-order valence-corrected chi connectivity index (χ2v) is 7.96. The highest BCUT2D eigenvalue weighted by Crippen LogP contribution is 2.23. The van der Waals surface area contributed by atoms with E-state index >= 15 is 0 Å². The number of carbonyl (C=O) groups is 2. The number of fused-ring (bicyclic) bond motifs is 1. The number of esters is 1. The van der Waals surface area contributed by atoms with Gasteiger partial charge in [-0.05, 0) is 31.0 Å². The first-order valence-electron chi connectivity index (χ1n) is 9.53. The summed E-state index contributed by atoms with van der Waals surface area (Å²) < 4.78 is 7.48. The van der Waals surface area contributed by atoms with Gasteiger partial charge in [-0.3, -0.25) is 14.0 Å². The lowest BCUT2D eigenvalue weighted by atomic mass is 10.1. The van der Waals surface area contributed by atoms with Gasteiger partial charge in [0.05, 0.1) is 12.1 Å². The molecule has 2 aromatic carbocycles. The number of benzene rings is 2. The third-order valence-electron chi connectivity index (χ3n) is 4.71. The Hall–Kier alpha value is -3.45. The number of ether oxygens (including phenoxy) is 1. The number of nitrogens with zero attached hydrogens (tertiary/aromatic N) is 2. The maximum Gasteiger partial charge on any atom is 0.313 e. The third-order valence-corrected chi connectivity index (χ3v) is 5.48. The molecule has 0 aliphatic carbocycles. The van der Waals surface area contributed by atoms with Crippen LogP contribution in [0.2, 0.25) is 0 Å². The van der Waals surface area contributed by atoms with E-state index in [9.17, 15) is 9.59 Å². The maximum atomic E-state index is 13.1. The molecule has 0 radical (unpaired) electrons. The summed E-state index contributed by atoms with van der Waals surface area (Å²) in [6, 6.07) is 14.8. The normalized spacial score (nSPS) is 11.9. The summed E-state index contributed by atoms with van der Waals surface area (Å²) in [6.07, 6.45) is 2.61. The van der Waals surface area contributed by atoms with Crippen molar-refractivity contribution in [2.24, 2.45) is 0 Å². The SMILES string of the molecule is Cc1ccc(C)c(NC(=O)C(OC(=O)Cc2cn3ccsc3n2)c2ccccc2)c1. The van der Waals surface area contributed by atoms with E-state index in [1.165, 1.54) is 11.3 Å². The Bertz CT molecular complexity index is 1170. The molecule has 0 aliphatic rings. The lowest BCUT2D eigenvalue weighted by molar-refractivity contribution is -0.154. The maximum absolute atomic E-state index is 13.1. The average molecular weight is 420 g/mol. The molecule has 6 nitrogen and oxygen atoms in total. The smallest absolute Gasteiger partial charge is 0.313 e. The number of amides is 1. The van der Waals surface area contributed by atoms with Crippen molar-refractivity contribution in [3.05, 3.63) is 88.7 Å². The number of anilines is 1. The first-order valence-corrected chi connectivity index (χ1v) is 10.4. The lowest BCUT2D eigenvalue weighted by Crippen LogP contribution is -2.26. The molecule has 0 saturated heterocycles. The fourth-order valence-electron chi connectivity index (χ4n) is 3.15. The van der Waals surface area contributed by atoms with Gasteiger partial charge in [0.2, 0.25) is 6.10 Å². The molecular formula is C23H21N3O3S. The molecule has 4 aromatic rings. The Morgan fingerprint density at radius 3 is 2.73 bits per heavy atom. The summed E-state index contributed by atoms with van der Waals surface area (Å²) in [6.45, 7) is 3.88. The van der Waals surface area contributed by atoms with Crippen LogP contribution in [0.1, 0.15) is 28.5 Å². The molecule has 0 spiro atoms. The number of thiazole rings is 1. The second-order valence-electron chi connectivity index (χ2n) is 7.09. The number of aromatic nitrogens is 2. The van der Waals surface area contributed by atoms with Gasteiger partial charge in [0.15, 0.2) is 4.96 Å². The van der Waals surface area contributed by atoms with Gasteiger partial charge in [-0.25, -0.2) is 4.98 Å². The second kappa shape index (κ2) is 8.51. The number of hydrogen-bond acceptors (Lipinski definition) is 5. The van der Waals surface area contributed by atoms with Crippen LogP contribution >= 0.6 is 11.3 Å². The highest BCUT2D eigenvalue weighted by Gasteiger charge is 2.26. The van der Waals surface area contributed by atoms with E-state index in [4.69, 9.17) is 4.74 Å². The molecule has 1 N–H and O–H groups in total. The van der Waals surface area contributed by atoms with Crippen LogP contribution in [0, 0.1) is 13.8 Å². The van der Waals surface area contributed by atoms with Crippen LogP contribution in [-0.2, 0) is 20.7 Å². The van der Waals surface area contributed by atoms with Crippen LogP contribution in [0.15, 0.2) is 66.3 Å². The molecule has 1 amide bonds. The largest absolute Gasteiger partial charge is 0.447 e. The van der Waals surface area contributed by atoms with Crippen molar-refractivity contribution in [2.45, 2.75) is 26.4 Å². The first kappa shape index (κ1) is 19.8. The van der Waals surface area contributed by atoms with Crippen LogP contribution in [0.4, 0.5) is 5.69 Å². The van der Waals surface area contributed by atoms with Gasteiger partial charge in [0.1, 0.15) is 0 Å². The van der Waals surface area contributed by atoms with E-state index in [0.717, 1.165) is 16.1 Å². The van der Waals surface area contributed by atoms with Crippen LogP contribution in [0.3, 0.4) is 0 Å². The van der Waals surface area contributed by atoms with Crippen molar-refractivity contribution in [3.63, 3.8) is 0 Å². The van der Waals surface area contributed by atoms with Crippen LogP contribution in [-0.4, -0.2) is 21.3 Å². The van der Waals surface area contributed by atoms with Crippen molar-refractivity contribution in [3.8, 4) is 0 Å². The van der Waals surface area contributed by atoms with E-state index in [1.54, 1.807) is 18.3 Å².